The fraction of sp³-hybridized carbons (Fsp3) is 0.0909. The molecule has 0 aliphatic carbocycles. The van der Waals surface area contributed by atoms with Crippen LogP contribution in [-0.4, -0.2) is 4.92 Å². The second kappa shape index (κ2) is 5.57. The number of benzene rings is 1. The van der Waals surface area contributed by atoms with Gasteiger partial charge in [0.15, 0.2) is 3.77 Å². The quantitative estimate of drug-likeness (QED) is 0.495. The Morgan fingerprint density at radius 3 is 2.78 bits per heavy atom. The molecule has 1 aromatic heterocycles. The Bertz CT molecular complexity index is 585. The van der Waals surface area contributed by atoms with Gasteiger partial charge in [0, 0.05) is 11.1 Å². The Kier molecular flexibility index (Phi) is 4.07. The summed E-state index contributed by atoms with van der Waals surface area (Å²) in [5.74, 6) is 0.702. The van der Waals surface area contributed by atoms with Crippen molar-refractivity contribution in [2.45, 2.75) is 6.54 Å². The number of nitrogens with one attached hydrogen (secondary N) is 1. The van der Waals surface area contributed by atoms with E-state index in [1.807, 2.05) is 12.1 Å². The summed E-state index contributed by atoms with van der Waals surface area (Å²) in [6.07, 6.45) is 0. The lowest BCUT2D eigenvalue weighted by Crippen LogP contribution is -2.01. The van der Waals surface area contributed by atoms with Crippen molar-refractivity contribution >= 4 is 45.6 Å². The van der Waals surface area contributed by atoms with Crippen molar-refractivity contribution < 1.29 is 9.34 Å². The molecule has 1 heterocycles. The monoisotopic (exact) mass is 378 g/mol. The van der Waals surface area contributed by atoms with Gasteiger partial charge in [0.2, 0.25) is 0 Å². The van der Waals surface area contributed by atoms with Gasteiger partial charge in [-0.25, -0.2) is 0 Å². The Morgan fingerprint density at radius 1 is 1.39 bits per heavy atom. The highest BCUT2D eigenvalue weighted by Crippen LogP contribution is 2.28. The van der Waals surface area contributed by atoms with E-state index in [1.54, 1.807) is 0 Å². The molecular formula is C11H8ClIN2O3. The molecule has 0 aliphatic rings. The molecule has 7 heteroatoms. The molecule has 18 heavy (non-hydrogen) atoms. The van der Waals surface area contributed by atoms with Crippen LogP contribution in [0.3, 0.4) is 0 Å². The summed E-state index contributed by atoms with van der Waals surface area (Å²) in [6.45, 7) is 0.365. The number of hydrogen-bond acceptors (Lipinski definition) is 4. The highest BCUT2D eigenvalue weighted by atomic mass is 127. The molecular weight excluding hydrogens is 370 g/mol. The first kappa shape index (κ1) is 13.2. The summed E-state index contributed by atoms with van der Waals surface area (Å²) in [4.78, 5) is 10.4. The summed E-state index contributed by atoms with van der Waals surface area (Å²) in [6, 6.07) is 8.01. The molecule has 0 fully saturated rings. The van der Waals surface area contributed by atoms with E-state index in [2.05, 4.69) is 27.9 Å². The predicted molar refractivity (Wildman–Crippen MR) is 76.9 cm³/mol. The molecule has 0 radical (unpaired) electrons. The van der Waals surface area contributed by atoms with Gasteiger partial charge < -0.3 is 9.73 Å². The number of halogens is 2. The first-order valence-electron chi connectivity index (χ1n) is 4.98. The summed E-state index contributed by atoms with van der Waals surface area (Å²) >= 11 is 7.87. The SMILES string of the molecule is O=[N+]([O-])c1ccc(Cl)cc1NCc1ccc(I)o1. The largest absolute Gasteiger partial charge is 0.454 e. The topological polar surface area (TPSA) is 68.3 Å². The molecule has 1 aromatic carbocycles. The van der Waals surface area contributed by atoms with E-state index in [1.165, 1.54) is 18.2 Å². The van der Waals surface area contributed by atoms with Crippen molar-refractivity contribution in [3.05, 3.63) is 55.0 Å². The minimum Gasteiger partial charge on any atom is -0.454 e. The molecule has 1 N–H and O–H groups in total. The average Bonchev–Trinajstić information content (AvgIpc) is 2.72. The lowest BCUT2D eigenvalue weighted by atomic mass is 10.2. The Labute approximate surface area is 121 Å². The van der Waals surface area contributed by atoms with Gasteiger partial charge in [0.25, 0.3) is 5.69 Å². The third-order valence-electron chi connectivity index (χ3n) is 2.24. The van der Waals surface area contributed by atoms with Crippen LogP contribution in [0.5, 0.6) is 0 Å². The van der Waals surface area contributed by atoms with Crippen LogP contribution in [0.1, 0.15) is 5.76 Å². The second-order valence-corrected chi connectivity index (χ2v) is 4.98. The van der Waals surface area contributed by atoms with E-state index < -0.39 is 4.92 Å². The first-order valence-corrected chi connectivity index (χ1v) is 6.44. The number of rotatable bonds is 4. The van der Waals surface area contributed by atoms with Gasteiger partial charge >= 0.3 is 0 Å². The lowest BCUT2D eigenvalue weighted by Gasteiger charge is -2.05. The molecule has 0 saturated heterocycles. The van der Waals surface area contributed by atoms with Gasteiger partial charge in [-0.2, -0.15) is 0 Å². The van der Waals surface area contributed by atoms with Crippen molar-refractivity contribution in [3.8, 4) is 0 Å². The zero-order valence-corrected chi connectivity index (χ0v) is 11.9. The Balaban J connectivity index is 2.17. The lowest BCUT2D eigenvalue weighted by molar-refractivity contribution is -0.384. The summed E-state index contributed by atoms with van der Waals surface area (Å²) in [7, 11) is 0. The Hall–Kier alpha value is -1.28. The highest BCUT2D eigenvalue weighted by Gasteiger charge is 2.13. The fourth-order valence-electron chi connectivity index (χ4n) is 1.44. The minimum absolute atomic E-state index is 0.0133. The van der Waals surface area contributed by atoms with Gasteiger partial charge in [-0.05, 0) is 46.9 Å². The number of nitrogens with zero attached hydrogens (tertiary/aromatic N) is 1. The van der Waals surface area contributed by atoms with Crippen LogP contribution in [0.2, 0.25) is 5.02 Å². The number of furan rings is 1. The van der Waals surface area contributed by atoms with E-state index in [-0.39, 0.29) is 5.69 Å². The van der Waals surface area contributed by atoms with E-state index in [0.717, 1.165) is 3.77 Å². The molecule has 2 aromatic rings. The number of anilines is 1. The van der Waals surface area contributed by atoms with Crippen molar-refractivity contribution in [3.63, 3.8) is 0 Å². The zero-order valence-electron chi connectivity index (χ0n) is 9.02. The van der Waals surface area contributed by atoms with Crippen LogP contribution in [0, 0.1) is 13.9 Å². The molecule has 0 spiro atoms. The molecule has 0 unspecified atom stereocenters. The normalized spacial score (nSPS) is 10.3. The van der Waals surface area contributed by atoms with Crippen molar-refractivity contribution in [2.75, 3.05) is 5.32 Å². The standard InChI is InChI=1S/C11H8ClIN2O3/c12-7-1-3-10(15(16)17)9(5-7)14-6-8-2-4-11(13)18-8/h1-5,14H,6H2. The average molecular weight is 379 g/mol. The number of nitro groups is 1. The van der Waals surface area contributed by atoms with Gasteiger partial charge in [-0.3, -0.25) is 10.1 Å². The fourth-order valence-corrected chi connectivity index (χ4v) is 2.07. The summed E-state index contributed by atoms with van der Waals surface area (Å²) in [5, 5.41) is 14.2. The first-order chi connectivity index (χ1) is 8.56. The molecule has 0 bridgehead atoms. The molecule has 0 aliphatic heterocycles. The van der Waals surface area contributed by atoms with Gasteiger partial charge in [0.05, 0.1) is 11.5 Å². The van der Waals surface area contributed by atoms with Crippen LogP contribution in [0.25, 0.3) is 0 Å². The van der Waals surface area contributed by atoms with Gasteiger partial charge in [-0.1, -0.05) is 11.6 Å². The second-order valence-electron chi connectivity index (χ2n) is 3.48. The van der Waals surface area contributed by atoms with E-state index >= 15 is 0 Å². The van der Waals surface area contributed by atoms with Crippen LogP contribution >= 0.6 is 34.2 Å². The molecule has 94 valence electrons. The Morgan fingerprint density at radius 2 is 2.17 bits per heavy atom. The molecule has 0 saturated carbocycles. The van der Waals surface area contributed by atoms with E-state index in [4.69, 9.17) is 16.0 Å². The van der Waals surface area contributed by atoms with E-state index in [9.17, 15) is 10.1 Å². The number of nitro benzene ring substituents is 1. The summed E-state index contributed by atoms with van der Waals surface area (Å²) < 4.78 is 6.13. The smallest absolute Gasteiger partial charge is 0.292 e. The van der Waals surface area contributed by atoms with Crippen LogP contribution in [-0.2, 0) is 6.54 Å². The van der Waals surface area contributed by atoms with Crippen LogP contribution in [0.15, 0.2) is 34.7 Å². The number of hydrogen-bond donors (Lipinski definition) is 1. The van der Waals surface area contributed by atoms with Crippen molar-refractivity contribution in [1.82, 2.24) is 0 Å². The maximum Gasteiger partial charge on any atom is 0.292 e. The highest BCUT2D eigenvalue weighted by molar-refractivity contribution is 14.1. The summed E-state index contributed by atoms with van der Waals surface area (Å²) in [5.41, 5.74) is 0.361. The molecule has 0 atom stereocenters. The predicted octanol–water partition coefficient (Wildman–Crippen LogP) is 4.06. The maximum atomic E-state index is 10.8. The van der Waals surface area contributed by atoms with E-state index in [0.29, 0.717) is 23.0 Å². The van der Waals surface area contributed by atoms with Crippen LogP contribution < -0.4 is 5.32 Å². The third-order valence-corrected chi connectivity index (χ3v) is 3.05. The zero-order chi connectivity index (χ0) is 13.1. The molecule has 0 amide bonds. The van der Waals surface area contributed by atoms with Crippen molar-refractivity contribution in [2.24, 2.45) is 0 Å². The molecule has 5 nitrogen and oxygen atoms in total. The third kappa shape index (κ3) is 3.14. The maximum absolute atomic E-state index is 10.8. The van der Waals surface area contributed by atoms with Crippen LogP contribution in [0.4, 0.5) is 11.4 Å². The molecule has 2 rings (SSSR count). The minimum atomic E-state index is -0.454. The van der Waals surface area contributed by atoms with Gasteiger partial charge in [0.1, 0.15) is 11.4 Å². The van der Waals surface area contributed by atoms with Gasteiger partial charge in [-0.15, -0.1) is 0 Å². The van der Waals surface area contributed by atoms with Crippen molar-refractivity contribution in [1.29, 1.82) is 0 Å².